The highest BCUT2D eigenvalue weighted by Crippen LogP contribution is 2.18. The molecule has 1 unspecified atom stereocenters. The van der Waals surface area contributed by atoms with Crippen LogP contribution in [0.1, 0.15) is 44.6 Å². The third kappa shape index (κ3) is 6.63. The lowest BCUT2D eigenvalue weighted by Gasteiger charge is -2.35. The number of guanidine groups is 1. The Morgan fingerprint density at radius 3 is 2.85 bits per heavy atom. The van der Waals surface area contributed by atoms with Crippen molar-refractivity contribution in [1.82, 2.24) is 15.2 Å². The van der Waals surface area contributed by atoms with E-state index in [1.54, 1.807) is 12.3 Å². The van der Waals surface area contributed by atoms with E-state index in [0.29, 0.717) is 23.9 Å². The van der Waals surface area contributed by atoms with E-state index in [1.807, 2.05) is 6.07 Å². The van der Waals surface area contributed by atoms with E-state index in [2.05, 4.69) is 22.1 Å². The maximum absolute atomic E-state index is 6.12. The van der Waals surface area contributed by atoms with Crippen LogP contribution in [0.25, 0.3) is 0 Å². The first-order chi connectivity index (χ1) is 13.2. The van der Waals surface area contributed by atoms with Crippen LogP contribution in [0.3, 0.4) is 0 Å². The van der Waals surface area contributed by atoms with Crippen LogP contribution >= 0.6 is 11.6 Å². The summed E-state index contributed by atoms with van der Waals surface area (Å²) in [6, 6.07) is 3.77. The van der Waals surface area contributed by atoms with E-state index in [9.17, 15) is 0 Å². The van der Waals surface area contributed by atoms with Crippen LogP contribution in [0.2, 0.25) is 5.15 Å². The zero-order valence-electron chi connectivity index (χ0n) is 16.2. The van der Waals surface area contributed by atoms with Gasteiger partial charge in [-0.05, 0) is 50.7 Å². The van der Waals surface area contributed by atoms with E-state index in [1.165, 1.54) is 12.8 Å². The Labute approximate surface area is 167 Å². The molecule has 3 rings (SSSR count). The summed E-state index contributed by atoms with van der Waals surface area (Å²) in [6.07, 6.45) is 8.04. The molecule has 3 heterocycles. The van der Waals surface area contributed by atoms with Crippen molar-refractivity contribution in [2.45, 2.75) is 57.8 Å². The van der Waals surface area contributed by atoms with Gasteiger partial charge in [0, 0.05) is 32.4 Å². The third-order valence-electron chi connectivity index (χ3n) is 5.07. The van der Waals surface area contributed by atoms with Gasteiger partial charge in [0.05, 0.1) is 25.4 Å². The lowest BCUT2D eigenvalue weighted by molar-refractivity contribution is -0.0721. The van der Waals surface area contributed by atoms with E-state index >= 15 is 0 Å². The Kier molecular flexibility index (Phi) is 8.17. The summed E-state index contributed by atoms with van der Waals surface area (Å²) < 4.78 is 11.9. The van der Waals surface area contributed by atoms with Gasteiger partial charge in [0.25, 0.3) is 0 Å². The van der Waals surface area contributed by atoms with Crippen molar-refractivity contribution >= 4 is 17.6 Å². The predicted octanol–water partition coefficient (Wildman–Crippen LogP) is 3.25. The Hall–Kier alpha value is -1.37. The molecule has 2 fully saturated rings. The van der Waals surface area contributed by atoms with Crippen LogP contribution in [-0.2, 0) is 16.0 Å². The molecule has 27 heavy (non-hydrogen) atoms. The number of rotatable bonds is 6. The molecule has 6 nitrogen and oxygen atoms in total. The maximum Gasteiger partial charge on any atom is 0.194 e. The van der Waals surface area contributed by atoms with Crippen LogP contribution in [-0.4, -0.2) is 60.9 Å². The molecule has 2 aliphatic heterocycles. The number of hydrogen-bond donors (Lipinski definition) is 1. The zero-order chi connectivity index (χ0) is 18.9. The van der Waals surface area contributed by atoms with Crippen molar-refractivity contribution in [2.24, 2.45) is 4.99 Å². The second-order valence-electron chi connectivity index (χ2n) is 7.17. The fraction of sp³-hybridized carbons (Fsp3) is 0.700. The normalized spacial score (nSPS) is 22.1. The number of nitrogens with one attached hydrogen (secondary N) is 1. The van der Waals surface area contributed by atoms with Crippen LogP contribution < -0.4 is 5.32 Å². The Balaban J connectivity index is 1.46. The molecule has 1 aromatic rings. The smallest absolute Gasteiger partial charge is 0.194 e. The summed E-state index contributed by atoms with van der Waals surface area (Å²) in [5.41, 5.74) is 1.06. The molecule has 1 N–H and O–H groups in total. The molecule has 0 aromatic carbocycles. The van der Waals surface area contributed by atoms with Crippen molar-refractivity contribution in [3.8, 4) is 0 Å². The summed E-state index contributed by atoms with van der Waals surface area (Å²) in [5, 5.41) is 3.91. The van der Waals surface area contributed by atoms with Gasteiger partial charge in [-0.2, -0.15) is 0 Å². The molecule has 1 aromatic heterocycles. The zero-order valence-corrected chi connectivity index (χ0v) is 17.0. The second-order valence-corrected chi connectivity index (χ2v) is 7.55. The van der Waals surface area contributed by atoms with Gasteiger partial charge in [0.1, 0.15) is 5.15 Å². The Morgan fingerprint density at radius 2 is 2.19 bits per heavy atom. The van der Waals surface area contributed by atoms with Crippen LogP contribution in [0.4, 0.5) is 0 Å². The average molecular weight is 395 g/mol. The molecule has 0 bridgehead atoms. The van der Waals surface area contributed by atoms with E-state index in [-0.39, 0.29) is 0 Å². The van der Waals surface area contributed by atoms with Gasteiger partial charge in [-0.3, -0.25) is 0 Å². The molecule has 150 valence electrons. The van der Waals surface area contributed by atoms with Gasteiger partial charge in [0.15, 0.2) is 5.96 Å². The fourth-order valence-corrected chi connectivity index (χ4v) is 3.62. The first-order valence-corrected chi connectivity index (χ1v) is 10.5. The number of aliphatic imine (C=N–C) groups is 1. The Morgan fingerprint density at radius 1 is 1.33 bits per heavy atom. The molecule has 2 saturated heterocycles. The van der Waals surface area contributed by atoms with Crippen LogP contribution in [0.15, 0.2) is 23.3 Å². The topological polar surface area (TPSA) is 59.0 Å². The molecular formula is C20H31ClN4O2. The largest absolute Gasteiger partial charge is 0.376 e. The van der Waals surface area contributed by atoms with Gasteiger partial charge in [-0.1, -0.05) is 17.7 Å². The molecule has 1 atom stereocenters. The van der Waals surface area contributed by atoms with Gasteiger partial charge >= 0.3 is 0 Å². The molecular weight excluding hydrogens is 364 g/mol. The minimum Gasteiger partial charge on any atom is -0.376 e. The SMILES string of the molecule is CCNC(=NCc1ccc(Cl)nc1)N1CCC(OCC2CCCCO2)CC1. The highest BCUT2D eigenvalue weighted by molar-refractivity contribution is 6.29. The lowest BCUT2D eigenvalue weighted by Crippen LogP contribution is -2.47. The third-order valence-corrected chi connectivity index (χ3v) is 5.29. The highest BCUT2D eigenvalue weighted by atomic mass is 35.5. The minimum atomic E-state index is 0.295. The number of aromatic nitrogens is 1. The van der Waals surface area contributed by atoms with Crippen molar-refractivity contribution in [3.63, 3.8) is 0 Å². The number of pyridine rings is 1. The summed E-state index contributed by atoms with van der Waals surface area (Å²) in [6.45, 7) is 7.09. The summed E-state index contributed by atoms with van der Waals surface area (Å²) in [5.74, 6) is 0.960. The first kappa shape index (κ1) is 20.4. The molecule has 0 radical (unpaired) electrons. The summed E-state index contributed by atoms with van der Waals surface area (Å²) in [4.78, 5) is 11.2. The molecule has 0 saturated carbocycles. The second kappa shape index (κ2) is 10.8. The number of hydrogen-bond acceptors (Lipinski definition) is 4. The number of halogens is 1. The standard InChI is InChI=1S/C20H31ClN4O2/c1-2-22-20(24-14-16-6-7-19(21)23-13-16)25-10-8-17(9-11-25)27-15-18-5-3-4-12-26-18/h6-7,13,17-18H,2-5,8-12,14-15H2,1H3,(H,22,24). The van der Waals surface area contributed by atoms with E-state index in [0.717, 1.165) is 63.6 Å². The van der Waals surface area contributed by atoms with Crippen LogP contribution in [0, 0.1) is 0 Å². The van der Waals surface area contributed by atoms with Gasteiger partial charge in [-0.25, -0.2) is 9.98 Å². The van der Waals surface area contributed by atoms with Crippen molar-refractivity contribution in [1.29, 1.82) is 0 Å². The Bertz CT molecular complexity index is 582. The quantitative estimate of drug-likeness (QED) is 0.456. The predicted molar refractivity (Wildman–Crippen MR) is 108 cm³/mol. The summed E-state index contributed by atoms with van der Waals surface area (Å²) >= 11 is 5.85. The van der Waals surface area contributed by atoms with Crippen molar-refractivity contribution in [3.05, 3.63) is 29.0 Å². The summed E-state index contributed by atoms with van der Waals surface area (Å²) in [7, 11) is 0. The van der Waals surface area contributed by atoms with Crippen molar-refractivity contribution in [2.75, 3.05) is 32.8 Å². The molecule has 0 amide bonds. The molecule has 2 aliphatic rings. The average Bonchev–Trinajstić information content (AvgIpc) is 2.72. The minimum absolute atomic E-state index is 0.295. The van der Waals surface area contributed by atoms with Gasteiger partial charge in [0.2, 0.25) is 0 Å². The lowest BCUT2D eigenvalue weighted by atomic mass is 10.1. The fourth-order valence-electron chi connectivity index (χ4n) is 3.51. The van der Waals surface area contributed by atoms with Gasteiger partial charge < -0.3 is 19.7 Å². The molecule has 7 heteroatoms. The van der Waals surface area contributed by atoms with Crippen LogP contribution in [0.5, 0.6) is 0 Å². The highest BCUT2D eigenvalue weighted by Gasteiger charge is 2.23. The maximum atomic E-state index is 6.12. The van der Waals surface area contributed by atoms with Gasteiger partial charge in [-0.15, -0.1) is 0 Å². The first-order valence-electron chi connectivity index (χ1n) is 10.1. The molecule has 0 aliphatic carbocycles. The van der Waals surface area contributed by atoms with E-state index < -0.39 is 0 Å². The number of piperidine rings is 1. The van der Waals surface area contributed by atoms with Crippen molar-refractivity contribution < 1.29 is 9.47 Å². The number of nitrogens with zero attached hydrogens (tertiary/aromatic N) is 3. The number of ether oxygens (including phenoxy) is 2. The molecule has 0 spiro atoms. The van der Waals surface area contributed by atoms with E-state index in [4.69, 9.17) is 26.1 Å². The monoisotopic (exact) mass is 394 g/mol. The number of likely N-dealkylation sites (tertiary alicyclic amines) is 1.